The number of rotatable bonds is 8. The molecule has 1 heterocycles. The van der Waals surface area contributed by atoms with Gasteiger partial charge in [-0.05, 0) is 55.5 Å². The monoisotopic (exact) mass is 497 g/mol. The van der Waals surface area contributed by atoms with Gasteiger partial charge in [-0.2, -0.15) is 0 Å². The highest BCUT2D eigenvalue weighted by Gasteiger charge is 2.17. The van der Waals surface area contributed by atoms with Crippen molar-refractivity contribution in [2.45, 2.75) is 64.1 Å². The van der Waals surface area contributed by atoms with Crippen LogP contribution in [-0.4, -0.2) is 21.1 Å². The number of amides is 1. The lowest BCUT2D eigenvalue weighted by Crippen LogP contribution is -2.40. The highest BCUT2D eigenvalue weighted by molar-refractivity contribution is 9.10. The first-order chi connectivity index (χ1) is 15.5. The molecule has 1 aromatic heterocycles. The minimum absolute atomic E-state index is 0.0652. The molecule has 32 heavy (non-hydrogen) atoms. The molecule has 6 nitrogen and oxygen atoms in total. The van der Waals surface area contributed by atoms with Crippen molar-refractivity contribution in [1.29, 1.82) is 0 Å². The van der Waals surface area contributed by atoms with Crippen molar-refractivity contribution in [2.75, 3.05) is 0 Å². The van der Waals surface area contributed by atoms with Gasteiger partial charge >= 0.3 is 5.69 Å². The molecule has 0 spiro atoms. The topological polar surface area (TPSA) is 73.1 Å². The maximum atomic E-state index is 13.3. The molecule has 1 fully saturated rings. The predicted octanol–water partition coefficient (Wildman–Crippen LogP) is 4.20. The van der Waals surface area contributed by atoms with Crippen LogP contribution in [0, 0.1) is 0 Å². The van der Waals surface area contributed by atoms with E-state index in [0.29, 0.717) is 49.3 Å². The van der Waals surface area contributed by atoms with Crippen molar-refractivity contribution >= 4 is 32.7 Å². The average molecular weight is 498 g/mol. The molecule has 0 unspecified atom stereocenters. The van der Waals surface area contributed by atoms with E-state index >= 15 is 0 Å². The van der Waals surface area contributed by atoms with Gasteiger partial charge in [0.15, 0.2) is 0 Å². The van der Waals surface area contributed by atoms with Crippen LogP contribution in [-0.2, 0) is 17.9 Å². The third kappa shape index (κ3) is 5.21. The number of unbranched alkanes of at least 4 members (excludes halogenated alkanes) is 1. The Bertz CT molecular complexity index is 1210. The number of carbonyl (C=O) groups is 1. The van der Waals surface area contributed by atoms with Gasteiger partial charge < -0.3 is 5.32 Å². The van der Waals surface area contributed by atoms with E-state index in [9.17, 15) is 14.4 Å². The second-order valence-corrected chi connectivity index (χ2v) is 9.39. The second kappa shape index (κ2) is 10.3. The molecule has 0 radical (unpaired) electrons. The number of halogens is 1. The van der Waals surface area contributed by atoms with E-state index in [1.807, 2.05) is 42.5 Å². The van der Waals surface area contributed by atoms with Gasteiger partial charge in [0.25, 0.3) is 5.56 Å². The molecule has 3 aromatic rings. The van der Waals surface area contributed by atoms with E-state index in [0.717, 1.165) is 22.9 Å². The summed E-state index contributed by atoms with van der Waals surface area (Å²) in [6, 6.07) is 15.4. The number of aromatic nitrogens is 2. The minimum atomic E-state index is -0.313. The molecule has 2 aromatic carbocycles. The van der Waals surface area contributed by atoms with E-state index in [1.54, 1.807) is 10.6 Å². The smallest absolute Gasteiger partial charge is 0.331 e. The standard InChI is InChI=1S/C25H28BrN3O3/c26-19-14-12-18(13-15-19)17-29-22-10-4-3-9-21(22)24(31)28(25(29)32)16-6-5-11-23(30)27-20-7-1-2-8-20/h3-4,9-10,12-15,20H,1-2,5-8,11,16-17H2,(H,27,30). The van der Waals surface area contributed by atoms with Crippen LogP contribution >= 0.6 is 15.9 Å². The highest BCUT2D eigenvalue weighted by atomic mass is 79.9. The predicted molar refractivity (Wildman–Crippen MR) is 130 cm³/mol. The Morgan fingerprint density at radius 1 is 0.969 bits per heavy atom. The van der Waals surface area contributed by atoms with Crippen molar-refractivity contribution in [3.05, 3.63) is 79.4 Å². The van der Waals surface area contributed by atoms with Gasteiger partial charge in [-0.1, -0.05) is 53.0 Å². The normalized spacial score (nSPS) is 14.2. The maximum Gasteiger partial charge on any atom is 0.331 e. The van der Waals surface area contributed by atoms with Crippen LogP contribution in [0.5, 0.6) is 0 Å². The van der Waals surface area contributed by atoms with Crippen LogP contribution in [0.15, 0.2) is 62.6 Å². The zero-order valence-electron chi connectivity index (χ0n) is 18.1. The van der Waals surface area contributed by atoms with Crippen molar-refractivity contribution in [3.8, 4) is 0 Å². The molecule has 4 rings (SSSR count). The minimum Gasteiger partial charge on any atom is -0.353 e. The summed E-state index contributed by atoms with van der Waals surface area (Å²) in [5, 5.41) is 3.62. The number of nitrogens with zero attached hydrogens (tertiary/aromatic N) is 2. The molecule has 1 saturated carbocycles. The molecular weight excluding hydrogens is 470 g/mol. The Labute approximate surface area is 195 Å². The first-order valence-electron chi connectivity index (χ1n) is 11.3. The first-order valence-corrected chi connectivity index (χ1v) is 12.1. The van der Waals surface area contributed by atoms with E-state index in [-0.39, 0.29) is 17.2 Å². The molecule has 0 bridgehead atoms. The lowest BCUT2D eigenvalue weighted by Gasteiger charge is -2.15. The fraction of sp³-hybridized carbons (Fsp3) is 0.400. The Morgan fingerprint density at radius 2 is 1.69 bits per heavy atom. The number of hydrogen-bond acceptors (Lipinski definition) is 3. The summed E-state index contributed by atoms with van der Waals surface area (Å²) in [6.45, 7) is 0.691. The number of carbonyl (C=O) groups excluding carboxylic acids is 1. The van der Waals surface area contributed by atoms with Gasteiger partial charge in [-0.15, -0.1) is 0 Å². The van der Waals surface area contributed by atoms with Crippen LogP contribution < -0.4 is 16.6 Å². The third-order valence-corrected chi connectivity index (χ3v) is 6.67. The number of nitrogens with one attached hydrogen (secondary N) is 1. The molecule has 1 aliphatic carbocycles. The Morgan fingerprint density at radius 3 is 2.44 bits per heavy atom. The molecular formula is C25H28BrN3O3. The lowest BCUT2D eigenvalue weighted by atomic mass is 10.2. The SMILES string of the molecule is O=C(CCCCn1c(=O)c2ccccc2n(Cc2ccc(Br)cc2)c1=O)NC1CCCC1. The van der Waals surface area contributed by atoms with Crippen LogP contribution in [0.4, 0.5) is 0 Å². The van der Waals surface area contributed by atoms with Crippen LogP contribution in [0.2, 0.25) is 0 Å². The zero-order chi connectivity index (χ0) is 22.5. The summed E-state index contributed by atoms with van der Waals surface area (Å²) in [5.41, 5.74) is 1.03. The fourth-order valence-electron chi connectivity index (χ4n) is 4.42. The Kier molecular flexibility index (Phi) is 7.25. The Balaban J connectivity index is 1.51. The molecule has 0 atom stereocenters. The van der Waals surface area contributed by atoms with Gasteiger partial charge in [0.2, 0.25) is 5.91 Å². The molecule has 1 N–H and O–H groups in total. The summed E-state index contributed by atoms with van der Waals surface area (Å²) < 4.78 is 3.95. The van der Waals surface area contributed by atoms with Crippen LogP contribution in [0.25, 0.3) is 10.9 Å². The van der Waals surface area contributed by atoms with Gasteiger partial charge in [0, 0.05) is 23.5 Å². The summed E-state index contributed by atoms with van der Waals surface area (Å²) in [4.78, 5) is 38.4. The van der Waals surface area contributed by atoms with Crippen molar-refractivity contribution in [3.63, 3.8) is 0 Å². The summed E-state index contributed by atoms with van der Waals surface area (Å²) in [7, 11) is 0. The number of fused-ring (bicyclic) bond motifs is 1. The molecule has 7 heteroatoms. The van der Waals surface area contributed by atoms with Crippen molar-refractivity contribution < 1.29 is 4.79 Å². The molecule has 0 saturated heterocycles. The van der Waals surface area contributed by atoms with E-state index in [1.165, 1.54) is 17.4 Å². The average Bonchev–Trinajstić information content (AvgIpc) is 3.30. The van der Waals surface area contributed by atoms with Gasteiger partial charge in [-0.3, -0.25) is 18.7 Å². The van der Waals surface area contributed by atoms with Crippen LogP contribution in [0.3, 0.4) is 0 Å². The summed E-state index contributed by atoms with van der Waals surface area (Å²) in [6.07, 6.45) is 6.16. The van der Waals surface area contributed by atoms with Gasteiger partial charge in [-0.25, -0.2) is 4.79 Å². The van der Waals surface area contributed by atoms with Gasteiger partial charge in [0.05, 0.1) is 17.4 Å². The third-order valence-electron chi connectivity index (χ3n) is 6.14. The summed E-state index contributed by atoms with van der Waals surface area (Å²) >= 11 is 3.43. The number of benzene rings is 2. The molecule has 1 aliphatic rings. The molecule has 168 valence electrons. The zero-order valence-corrected chi connectivity index (χ0v) is 19.6. The molecule has 1 amide bonds. The second-order valence-electron chi connectivity index (χ2n) is 8.48. The number of hydrogen-bond donors (Lipinski definition) is 1. The first kappa shape index (κ1) is 22.5. The Hall–Kier alpha value is -2.67. The number of para-hydroxylation sites is 1. The van der Waals surface area contributed by atoms with Crippen molar-refractivity contribution in [2.24, 2.45) is 0 Å². The summed E-state index contributed by atoms with van der Waals surface area (Å²) in [5.74, 6) is 0.0652. The largest absolute Gasteiger partial charge is 0.353 e. The van der Waals surface area contributed by atoms with E-state index < -0.39 is 0 Å². The van der Waals surface area contributed by atoms with E-state index in [4.69, 9.17) is 0 Å². The van der Waals surface area contributed by atoms with Crippen LogP contribution in [0.1, 0.15) is 50.5 Å². The quantitative estimate of drug-likeness (QED) is 0.473. The maximum absolute atomic E-state index is 13.3. The van der Waals surface area contributed by atoms with E-state index in [2.05, 4.69) is 21.2 Å². The fourth-order valence-corrected chi connectivity index (χ4v) is 4.68. The van der Waals surface area contributed by atoms with Crippen molar-refractivity contribution in [1.82, 2.24) is 14.5 Å². The molecule has 0 aliphatic heterocycles. The lowest BCUT2D eigenvalue weighted by molar-refractivity contribution is -0.121. The highest BCUT2D eigenvalue weighted by Crippen LogP contribution is 2.18. The van der Waals surface area contributed by atoms with Gasteiger partial charge in [0.1, 0.15) is 0 Å².